The van der Waals surface area contributed by atoms with Crippen molar-refractivity contribution >= 4 is 11.6 Å². The predicted octanol–water partition coefficient (Wildman–Crippen LogP) is 5.16. The van der Waals surface area contributed by atoms with Gasteiger partial charge in [0, 0.05) is 11.3 Å². The molecule has 0 aliphatic heterocycles. The van der Waals surface area contributed by atoms with Crippen LogP contribution in [0.25, 0.3) is 0 Å². The zero-order valence-corrected chi connectivity index (χ0v) is 14.5. The molecule has 0 spiro atoms. The van der Waals surface area contributed by atoms with E-state index in [4.69, 9.17) is 4.74 Å². The average Bonchev–Trinajstić information content (AvgIpc) is 2.49. The van der Waals surface area contributed by atoms with E-state index in [0.29, 0.717) is 11.5 Å². The topological polar surface area (TPSA) is 38.3 Å². The van der Waals surface area contributed by atoms with E-state index in [9.17, 15) is 4.79 Å². The maximum absolute atomic E-state index is 12.5. The molecule has 0 bridgehead atoms. The van der Waals surface area contributed by atoms with Crippen molar-refractivity contribution in [1.29, 1.82) is 0 Å². The highest BCUT2D eigenvalue weighted by atomic mass is 16.5. The molecule has 3 heteroatoms. The van der Waals surface area contributed by atoms with Gasteiger partial charge >= 0.3 is 0 Å². The molecule has 0 aliphatic carbocycles. The minimum atomic E-state index is -0.0997. The largest absolute Gasteiger partial charge is 0.491 e. The van der Waals surface area contributed by atoms with Crippen molar-refractivity contribution in [3.63, 3.8) is 0 Å². The average molecular weight is 311 g/mol. The standard InChI is InChI=1S/C20H25NO2/c1-13(2)18-8-6-7-15(5)19(18)21-20(22)16-9-11-17(12-10-16)23-14(3)4/h6-14H,1-5H3,(H,21,22). The number of ether oxygens (including phenoxy) is 1. The summed E-state index contributed by atoms with van der Waals surface area (Å²) < 4.78 is 5.61. The Kier molecular flexibility index (Phi) is 5.43. The van der Waals surface area contributed by atoms with Crippen molar-refractivity contribution in [1.82, 2.24) is 0 Å². The van der Waals surface area contributed by atoms with Gasteiger partial charge in [-0.3, -0.25) is 4.79 Å². The van der Waals surface area contributed by atoms with Crippen LogP contribution in [0.15, 0.2) is 42.5 Å². The Morgan fingerprint density at radius 3 is 2.22 bits per heavy atom. The fourth-order valence-electron chi connectivity index (χ4n) is 2.49. The van der Waals surface area contributed by atoms with Gasteiger partial charge in [0.2, 0.25) is 0 Å². The number of nitrogens with one attached hydrogen (secondary N) is 1. The maximum Gasteiger partial charge on any atom is 0.255 e. The molecule has 23 heavy (non-hydrogen) atoms. The summed E-state index contributed by atoms with van der Waals surface area (Å²) in [5.74, 6) is 1.03. The summed E-state index contributed by atoms with van der Waals surface area (Å²) >= 11 is 0. The van der Waals surface area contributed by atoms with Gasteiger partial charge in [-0.25, -0.2) is 0 Å². The number of carbonyl (C=O) groups is 1. The fourth-order valence-corrected chi connectivity index (χ4v) is 2.49. The van der Waals surface area contributed by atoms with Gasteiger partial charge in [-0.15, -0.1) is 0 Å². The van der Waals surface area contributed by atoms with Crippen molar-refractivity contribution < 1.29 is 9.53 Å². The Morgan fingerprint density at radius 2 is 1.65 bits per heavy atom. The third kappa shape index (κ3) is 4.35. The SMILES string of the molecule is Cc1cccc(C(C)C)c1NC(=O)c1ccc(OC(C)C)cc1. The Morgan fingerprint density at radius 1 is 1.00 bits per heavy atom. The van der Waals surface area contributed by atoms with Crippen LogP contribution in [-0.4, -0.2) is 12.0 Å². The molecule has 0 heterocycles. The summed E-state index contributed by atoms with van der Waals surface area (Å²) in [5.41, 5.74) is 3.76. The molecule has 1 amide bonds. The Hall–Kier alpha value is -2.29. The number of hydrogen-bond donors (Lipinski definition) is 1. The molecule has 0 atom stereocenters. The third-order valence-electron chi connectivity index (χ3n) is 3.65. The predicted molar refractivity (Wildman–Crippen MR) is 95.4 cm³/mol. The smallest absolute Gasteiger partial charge is 0.255 e. The molecule has 2 aromatic rings. The van der Waals surface area contributed by atoms with E-state index in [1.54, 1.807) is 12.1 Å². The van der Waals surface area contributed by atoms with E-state index >= 15 is 0 Å². The van der Waals surface area contributed by atoms with E-state index in [-0.39, 0.29) is 12.0 Å². The Balaban J connectivity index is 2.19. The van der Waals surface area contributed by atoms with Crippen molar-refractivity contribution in [2.75, 3.05) is 5.32 Å². The molecule has 3 nitrogen and oxygen atoms in total. The first-order valence-electron chi connectivity index (χ1n) is 8.06. The number of amides is 1. The summed E-state index contributed by atoms with van der Waals surface area (Å²) in [5, 5.41) is 3.06. The van der Waals surface area contributed by atoms with Gasteiger partial charge in [-0.2, -0.15) is 0 Å². The van der Waals surface area contributed by atoms with Crippen molar-refractivity contribution in [2.45, 2.75) is 46.6 Å². The Bertz CT molecular complexity index is 673. The minimum absolute atomic E-state index is 0.0997. The van der Waals surface area contributed by atoms with Crippen LogP contribution >= 0.6 is 0 Å². The molecule has 0 aromatic heterocycles. The lowest BCUT2D eigenvalue weighted by Gasteiger charge is -2.16. The summed E-state index contributed by atoms with van der Waals surface area (Å²) in [6.07, 6.45) is 0.121. The first-order valence-corrected chi connectivity index (χ1v) is 8.06. The third-order valence-corrected chi connectivity index (χ3v) is 3.65. The highest BCUT2D eigenvalue weighted by molar-refractivity contribution is 6.05. The van der Waals surface area contributed by atoms with Crippen molar-refractivity contribution in [2.24, 2.45) is 0 Å². The van der Waals surface area contributed by atoms with Crippen molar-refractivity contribution in [3.05, 3.63) is 59.2 Å². The zero-order chi connectivity index (χ0) is 17.0. The van der Waals surface area contributed by atoms with E-state index in [2.05, 4.69) is 25.2 Å². The van der Waals surface area contributed by atoms with E-state index in [1.165, 1.54) is 0 Å². The number of aryl methyl sites for hydroxylation is 1. The second-order valence-corrected chi connectivity index (χ2v) is 6.34. The molecule has 2 rings (SSSR count). The first kappa shape index (κ1) is 17.1. The van der Waals surface area contributed by atoms with Gasteiger partial charge in [-0.1, -0.05) is 32.0 Å². The molecule has 0 radical (unpaired) electrons. The number of rotatable bonds is 5. The number of benzene rings is 2. The normalized spacial score (nSPS) is 10.9. The van der Waals surface area contributed by atoms with Crippen LogP contribution in [0.4, 0.5) is 5.69 Å². The van der Waals surface area contributed by atoms with Crippen LogP contribution in [-0.2, 0) is 0 Å². The number of para-hydroxylation sites is 1. The molecule has 0 saturated heterocycles. The summed E-state index contributed by atoms with van der Waals surface area (Å²) in [7, 11) is 0. The first-order chi connectivity index (χ1) is 10.9. The molecule has 0 saturated carbocycles. The second kappa shape index (κ2) is 7.32. The highest BCUT2D eigenvalue weighted by Crippen LogP contribution is 2.28. The van der Waals surface area contributed by atoms with Crippen LogP contribution in [0.2, 0.25) is 0 Å². The van der Waals surface area contributed by atoms with E-state index in [1.807, 2.05) is 45.0 Å². The number of hydrogen-bond acceptors (Lipinski definition) is 2. The van der Waals surface area contributed by atoms with Crippen LogP contribution < -0.4 is 10.1 Å². The van der Waals surface area contributed by atoms with Crippen LogP contribution in [0.1, 0.15) is 55.1 Å². The van der Waals surface area contributed by atoms with Gasteiger partial charge in [0.25, 0.3) is 5.91 Å². The molecule has 0 aliphatic rings. The summed E-state index contributed by atoms with van der Waals surface area (Å²) in [6.45, 7) is 10.2. The van der Waals surface area contributed by atoms with Crippen molar-refractivity contribution in [3.8, 4) is 5.75 Å². The molecule has 2 aromatic carbocycles. The van der Waals surface area contributed by atoms with Gasteiger partial charge < -0.3 is 10.1 Å². The van der Waals surface area contributed by atoms with Crippen LogP contribution in [0.3, 0.4) is 0 Å². The van der Waals surface area contributed by atoms with Crippen LogP contribution in [0.5, 0.6) is 5.75 Å². The second-order valence-electron chi connectivity index (χ2n) is 6.34. The van der Waals surface area contributed by atoms with Gasteiger partial charge in [0.05, 0.1) is 6.10 Å². The quantitative estimate of drug-likeness (QED) is 0.828. The molecular weight excluding hydrogens is 286 g/mol. The lowest BCUT2D eigenvalue weighted by Crippen LogP contribution is -2.15. The highest BCUT2D eigenvalue weighted by Gasteiger charge is 2.13. The van der Waals surface area contributed by atoms with Gasteiger partial charge in [0.15, 0.2) is 0 Å². The summed E-state index contributed by atoms with van der Waals surface area (Å²) in [6, 6.07) is 13.3. The fraction of sp³-hybridized carbons (Fsp3) is 0.350. The summed E-state index contributed by atoms with van der Waals surface area (Å²) in [4.78, 5) is 12.5. The molecule has 0 fully saturated rings. The maximum atomic E-state index is 12.5. The van der Waals surface area contributed by atoms with Gasteiger partial charge in [0.1, 0.15) is 5.75 Å². The zero-order valence-electron chi connectivity index (χ0n) is 14.5. The monoisotopic (exact) mass is 311 g/mol. The lowest BCUT2D eigenvalue weighted by molar-refractivity contribution is 0.102. The number of carbonyl (C=O) groups excluding carboxylic acids is 1. The lowest BCUT2D eigenvalue weighted by atomic mass is 9.98. The number of anilines is 1. The van der Waals surface area contributed by atoms with E-state index < -0.39 is 0 Å². The molecule has 0 unspecified atom stereocenters. The molecular formula is C20H25NO2. The van der Waals surface area contributed by atoms with Gasteiger partial charge in [-0.05, 0) is 62.1 Å². The van der Waals surface area contributed by atoms with Crippen LogP contribution in [0, 0.1) is 6.92 Å². The molecule has 1 N–H and O–H groups in total. The minimum Gasteiger partial charge on any atom is -0.491 e. The Labute approximate surface area is 138 Å². The van der Waals surface area contributed by atoms with E-state index in [0.717, 1.165) is 22.6 Å². The molecule has 122 valence electrons.